The molecule has 0 saturated carbocycles. The van der Waals surface area contributed by atoms with Gasteiger partial charge in [0, 0.05) is 17.0 Å². The van der Waals surface area contributed by atoms with Crippen molar-refractivity contribution in [1.82, 2.24) is 19.7 Å². The van der Waals surface area contributed by atoms with Crippen molar-refractivity contribution in [2.24, 2.45) is 0 Å². The van der Waals surface area contributed by atoms with E-state index in [2.05, 4.69) is 22.3 Å². The minimum absolute atomic E-state index is 0.0679. The highest BCUT2D eigenvalue weighted by Gasteiger charge is 2.23. The summed E-state index contributed by atoms with van der Waals surface area (Å²) in [6.45, 7) is 0.581. The molecular formula is C26H22N4O2S2. The highest BCUT2D eigenvalue weighted by molar-refractivity contribution is 7.98. The lowest BCUT2D eigenvalue weighted by Crippen LogP contribution is -2.24. The van der Waals surface area contributed by atoms with Crippen LogP contribution >= 0.6 is 23.1 Å². The van der Waals surface area contributed by atoms with E-state index in [0.29, 0.717) is 29.2 Å². The van der Waals surface area contributed by atoms with Crippen LogP contribution in [0.2, 0.25) is 0 Å². The van der Waals surface area contributed by atoms with E-state index in [0.717, 1.165) is 41.5 Å². The highest BCUT2D eigenvalue weighted by Crippen LogP contribution is 2.36. The molecule has 0 radical (unpaired) electrons. The minimum atomic E-state index is 0.0679. The van der Waals surface area contributed by atoms with Crippen LogP contribution in [0.4, 0.5) is 0 Å². The third-order valence-corrected chi connectivity index (χ3v) is 8.22. The lowest BCUT2D eigenvalue weighted by molar-refractivity contribution is 0.527. The molecule has 0 atom stereocenters. The van der Waals surface area contributed by atoms with E-state index in [1.165, 1.54) is 27.8 Å². The van der Waals surface area contributed by atoms with Crippen LogP contribution in [0.3, 0.4) is 0 Å². The standard InChI is InChI=1S/C26H22N4O2S2/c31-25-22-19-12-7-13-20(19)34-24(22)27-26(30(25)15-14-17-8-3-1-4-9-17)33-16-21-28-29-23(32-21)18-10-5-2-6-11-18/h1-6,8-11H,7,12-16H2. The Hall–Kier alpha value is -3.23. The van der Waals surface area contributed by atoms with Crippen LogP contribution in [0.15, 0.2) is 75.0 Å². The topological polar surface area (TPSA) is 73.8 Å². The summed E-state index contributed by atoms with van der Waals surface area (Å²) in [6.07, 6.45) is 3.92. The number of rotatable bonds is 7. The Kier molecular flexibility index (Phi) is 5.76. The molecule has 0 aliphatic heterocycles. The number of hydrogen-bond donors (Lipinski definition) is 0. The fourth-order valence-corrected chi connectivity index (χ4v) is 6.55. The number of fused-ring (bicyclic) bond motifs is 3. The zero-order valence-electron chi connectivity index (χ0n) is 18.4. The summed E-state index contributed by atoms with van der Waals surface area (Å²) in [6, 6.07) is 20.0. The average Bonchev–Trinajstić information content (AvgIpc) is 3.60. The molecule has 0 bridgehead atoms. The van der Waals surface area contributed by atoms with Crippen molar-refractivity contribution in [2.75, 3.05) is 0 Å². The van der Waals surface area contributed by atoms with Gasteiger partial charge in [-0.1, -0.05) is 60.3 Å². The molecule has 0 saturated heterocycles. The number of aromatic nitrogens is 4. The third-order valence-electron chi connectivity index (χ3n) is 6.07. The van der Waals surface area contributed by atoms with Crippen molar-refractivity contribution in [2.45, 2.75) is 43.1 Å². The summed E-state index contributed by atoms with van der Waals surface area (Å²) in [5.74, 6) is 1.46. The molecule has 1 aliphatic carbocycles. The lowest BCUT2D eigenvalue weighted by Gasteiger charge is -2.12. The SMILES string of the molecule is O=c1c2c3c(sc2nc(SCc2nnc(-c4ccccc4)o2)n1CCc1ccccc1)CCC3. The summed E-state index contributed by atoms with van der Waals surface area (Å²) in [5.41, 5.74) is 3.37. The van der Waals surface area contributed by atoms with Crippen molar-refractivity contribution in [3.05, 3.63) is 92.9 Å². The van der Waals surface area contributed by atoms with Crippen LogP contribution in [0, 0.1) is 0 Å². The van der Waals surface area contributed by atoms with Gasteiger partial charge in [-0.2, -0.15) is 0 Å². The molecule has 0 amide bonds. The van der Waals surface area contributed by atoms with Gasteiger partial charge < -0.3 is 4.42 Å². The molecule has 0 spiro atoms. The van der Waals surface area contributed by atoms with Crippen LogP contribution in [-0.4, -0.2) is 19.7 Å². The smallest absolute Gasteiger partial charge is 0.263 e. The molecule has 3 aromatic heterocycles. The maximum Gasteiger partial charge on any atom is 0.263 e. The molecule has 8 heteroatoms. The first-order valence-electron chi connectivity index (χ1n) is 11.4. The first kappa shape index (κ1) is 21.3. The molecule has 1 aliphatic rings. The summed E-state index contributed by atoms with van der Waals surface area (Å²) < 4.78 is 7.71. The van der Waals surface area contributed by atoms with Gasteiger partial charge in [-0.3, -0.25) is 9.36 Å². The second kappa shape index (κ2) is 9.19. The minimum Gasteiger partial charge on any atom is -0.420 e. The summed E-state index contributed by atoms with van der Waals surface area (Å²) in [4.78, 5) is 20.8. The summed E-state index contributed by atoms with van der Waals surface area (Å²) in [7, 11) is 0. The molecule has 0 N–H and O–H groups in total. The normalized spacial score (nSPS) is 12.9. The van der Waals surface area contributed by atoms with Gasteiger partial charge in [0.1, 0.15) is 4.83 Å². The molecular weight excluding hydrogens is 464 g/mol. The number of nitrogens with zero attached hydrogens (tertiary/aromatic N) is 4. The predicted octanol–water partition coefficient (Wildman–Crippen LogP) is 5.53. The Bertz CT molecular complexity index is 1510. The number of hydrogen-bond acceptors (Lipinski definition) is 7. The zero-order valence-corrected chi connectivity index (χ0v) is 20.1. The van der Waals surface area contributed by atoms with Gasteiger partial charge in [-0.15, -0.1) is 21.5 Å². The van der Waals surface area contributed by atoms with Gasteiger partial charge in [-0.25, -0.2) is 4.98 Å². The highest BCUT2D eigenvalue weighted by atomic mass is 32.2. The fraction of sp³-hybridized carbons (Fsp3) is 0.231. The Labute approximate surface area is 204 Å². The molecule has 5 aromatic rings. The molecule has 3 heterocycles. The Morgan fingerprint density at radius 1 is 1.00 bits per heavy atom. The fourth-order valence-electron chi connectivity index (χ4n) is 4.39. The second-order valence-electron chi connectivity index (χ2n) is 8.28. The van der Waals surface area contributed by atoms with Crippen LogP contribution in [-0.2, 0) is 31.6 Å². The number of aryl methyl sites for hydroxylation is 3. The summed E-state index contributed by atoms with van der Waals surface area (Å²) in [5, 5.41) is 9.91. The molecule has 34 heavy (non-hydrogen) atoms. The van der Waals surface area contributed by atoms with Crippen LogP contribution in [0.25, 0.3) is 21.7 Å². The number of thiophene rings is 1. The van der Waals surface area contributed by atoms with Crippen LogP contribution in [0.5, 0.6) is 0 Å². The first-order valence-corrected chi connectivity index (χ1v) is 13.2. The molecule has 6 rings (SSSR count). The Balaban J connectivity index is 1.31. The van der Waals surface area contributed by atoms with E-state index in [9.17, 15) is 4.79 Å². The van der Waals surface area contributed by atoms with Gasteiger partial charge >= 0.3 is 0 Å². The van der Waals surface area contributed by atoms with Crippen molar-refractivity contribution in [3.8, 4) is 11.5 Å². The molecule has 0 fully saturated rings. The maximum atomic E-state index is 13.7. The van der Waals surface area contributed by atoms with Crippen molar-refractivity contribution in [1.29, 1.82) is 0 Å². The largest absolute Gasteiger partial charge is 0.420 e. The van der Waals surface area contributed by atoms with E-state index >= 15 is 0 Å². The lowest BCUT2D eigenvalue weighted by atomic mass is 10.1. The molecule has 0 unspecified atom stereocenters. The van der Waals surface area contributed by atoms with E-state index in [1.54, 1.807) is 11.3 Å². The zero-order chi connectivity index (χ0) is 22.9. The second-order valence-corrected chi connectivity index (χ2v) is 10.3. The Morgan fingerprint density at radius 2 is 1.79 bits per heavy atom. The van der Waals surface area contributed by atoms with Crippen molar-refractivity contribution in [3.63, 3.8) is 0 Å². The van der Waals surface area contributed by atoms with E-state index in [-0.39, 0.29) is 5.56 Å². The molecule has 2 aromatic carbocycles. The van der Waals surface area contributed by atoms with Gasteiger partial charge in [0.15, 0.2) is 5.16 Å². The third kappa shape index (κ3) is 4.08. The predicted molar refractivity (Wildman–Crippen MR) is 135 cm³/mol. The molecule has 170 valence electrons. The van der Waals surface area contributed by atoms with E-state index in [4.69, 9.17) is 9.40 Å². The van der Waals surface area contributed by atoms with Crippen LogP contribution in [0.1, 0.15) is 28.3 Å². The van der Waals surface area contributed by atoms with Gasteiger partial charge in [0.05, 0.1) is 11.1 Å². The van der Waals surface area contributed by atoms with Crippen LogP contribution < -0.4 is 5.56 Å². The number of benzene rings is 2. The summed E-state index contributed by atoms with van der Waals surface area (Å²) >= 11 is 3.15. The monoisotopic (exact) mass is 486 g/mol. The maximum absolute atomic E-state index is 13.7. The quantitative estimate of drug-likeness (QED) is 0.222. The van der Waals surface area contributed by atoms with Crippen molar-refractivity contribution < 1.29 is 4.42 Å². The van der Waals surface area contributed by atoms with Gasteiger partial charge in [0.25, 0.3) is 5.56 Å². The van der Waals surface area contributed by atoms with Crippen molar-refractivity contribution >= 4 is 33.3 Å². The van der Waals surface area contributed by atoms with E-state index in [1.807, 2.05) is 53.1 Å². The Morgan fingerprint density at radius 3 is 2.62 bits per heavy atom. The number of thioether (sulfide) groups is 1. The average molecular weight is 487 g/mol. The molecule has 6 nitrogen and oxygen atoms in total. The van der Waals surface area contributed by atoms with Gasteiger partial charge in [0.2, 0.25) is 11.8 Å². The van der Waals surface area contributed by atoms with E-state index < -0.39 is 0 Å². The van der Waals surface area contributed by atoms with Gasteiger partial charge in [-0.05, 0) is 48.9 Å². The first-order chi connectivity index (χ1) is 16.8.